The predicted octanol–water partition coefficient (Wildman–Crippen LogP) is 6.03. The first-order chi connectivity index (χ1) is 42.9. The molecule has 3 heterocycles. The van der Waals surface area contributed by atoms with Crippen LogP contribution in [0.4, 0.5) is 13.2 Å². The molecule has 16 atom stereocenters. The molecule has 7 rings (SSSR count). The van der Waals surface area contributed by atoms with Gasteiger partial charge in [0.15, 0.2) is 0 Å². The molecule has 21 nitrogen and oxygen atoms in total. The van der Waals surface area contributed by atoms with Crippen LogP contribution in [0.3, 0.4) is 0 Å². The normalized spacial score (nSPS) is 34.9. The fraction of sp³-hybridized carbons (Fsp3) is 0.848. The maximum atomic E-state index is 15.2. The van der Waals surface area contributed by atoms with Crippen molar-refractivity contribution in [3.8, 4) is 0 Å². The lowest BCUT2D eigenvalue weighted by Crippen LogP contribution is -2.65. The number of hydrogen-bond donors (Lipinski definition) is 5. The van der Waals surface area contributed by atoms with Crippen LogP contribution in [0.2, 0.25) is 0 Å². The summed E-state index contributed by atoms with van der Waals surface area (Å²) >= 11 is 6.42. The first-order valence-corrected chi connectivity index (χ1v) is 34.7. The largest absolute Gasteiger partial charge is 0.393 e. The summed E-state index contributed by atoms with van der Waals surface area (Å²) in [6, 6.07) is -9.73. The first-order valence-electron chi connectivity index (χ1n) is 34.2. The van der Waals surface area contributed by atoms with Crippen molar-refractivity contribution in [3.05, 3.63) is 0 Å². The van der Waals surface area contributed by atoms with E-state index in [-0.39, 0.29) is 88.1 Å². The number of halogens is 4. The summed E-state index contributed by atoms with van der Waals surface area (Å²) in [6.45, 7) is 12.8. The van der Waals surface area contributed by atoms with Crippen molar-refractivity contribution in [3.63, 3.8) is 0 Å². The van der Waals surface area contributed by atoms with E-state index in [1.54, 1.807) is 37.6 Å². The number of fused-ring (bicyclic) bond motifs is 2. The highest BCUT2D eigenvalue weighted by Crippen LogP contribution is 2.44. The van der Waals surface area contributed by atoms with E-state index < -0.39 is 143 Å². The van der Waals surface area contributed by atoms with E-state index in [1.807, 2.05) is 6.92 Å². The third kappa shape index (κ3) is 17.6. The average molecular weight is 1310 g/mol. The quantitative estimate of drug-likeness (QED) is 0.176. The molecule has 0 bridgehead atoms. The molecule has 0 aromatic rings. The van der Waals surface area contributed by atoms with E-state index in [9.17, 15) is 51.5 Å². The van der Waals surface area contributed by atoms with Crippen LogP contribution in [0.1, 0.15) is 196 Å². The van der Waals surface area contributed by atoms with Crippen molar-refractivity contribution >= 4 is 70.7 Å². The lowest BCUT2D eigenvalue weighted by molar-refractivity contribution is -0.182. The zero-order valence-corrected chi connectivity index (χ0v) is 56.7. The van der Waals surface area contributed by atoms with Gasteiger partial charge in [0, 0.05) is 71.7 Å². The Morgan fingerprint density at radius 3 is 1.84 bits per heavy atom. The highest BCUT2D eigenvalue weighted by molar-refractivity contribution is 6.20. The van der Waals surface area contributed by atoms with Gasteiger partial charge in [-0.15, -0.1) is 11.6 Å². The molecule has 3 aliphatic heterocycles. The molecule has 3 saturated heterocycles. The van der Waals surface area contributed by atoms with Gasteiger partial charge >= 0.3 is 6.18 Å². The van der Waals surface area contributed by atoms with E-state index in [2.05, 4.69) is 33.5 Å². The highest BCUT2D eigenvalue weighted by atomic mass is 35.5. The number of hydrogen-bond acceptors (Lipinski definition) is 11. The van der Waals surface area contributed by atoms with Crippen molar-refractivity contribution in [1.29, 1.82) is 0 Å². The van der Waals surface area contributed by atoms with Crippen LogP contribution in [0.15, 0.2) is 0 Å². The topological polar surface area (TPSA) is 250 Å². The van der Waals surface area contributed by atoms with Crippen molar-refractivity contribution in [2.24, 2.45) is 35.5 Å². The van der Waals surface area contributed by atoms with Gasteiger partial charge in [0.05, 0.1) is 11.5 Å². The number of likely N-dealkylation sites (N-methyl/N-ethyl adjacent to an activating group) is 4. The molecule has 0 aromatic carbocycles. The van der Waals surface area contributed by atoms with Gasteiger partial charge in [0.25, 0.3) is 0 Å². The Hall–Kier alpha value is -5.26. The maximum Gasteiger partial charge on any atom is 0.393 e. The number of nitrogens with one attached hydrogen (secondary N) is 5. The molecule has 5 N–H and O–H groups in total. The van der Waals surface area contributed by atoms with E-state index >= 15 is 9.59 Å². The zero-order chi connectivity index (χ0) is 67.0. The minimum absolute atomic E-state index is 0.0493. The van der Waals surface area contributed by atoms with Crippen LogP contribution in [0, 0.1) is 35.5 Å². The lowest BCUT2D eigenvalue weighted by atomic mass is 9.78. The van der Waals surface area contributed by atoms with Crippen LogP contribution in [0.25, 0.3) is 0 Å². The van der Waals surface area contributed by atoms with Crippen LogP contribution in [-0.4, -0.2) is 214 Å². The molecule has 1 spiro atoms. The smallest absolute Gasteiger partial charge is 0.351 e. The Labute approximate surface area is 542 Å². The van der Waals surface area contributed by atoms with Gasteiger partial charge in [0.2, 0.25) is 59.1 Å². The standard InChI is InChI=1S/C66H107ClF3N11O10/c1-12-39(3)54-63(90)78(10)43(7)60(87)81-32-28-52(81)58(85)74-51(36-45-20-17-19-38(2)33-45)61(88)77(9)42(6)56(83)73-50(27-25-44-24-26-48(49(67)35-44)66(68,69)70)62(89)80-31-18-23-47(80)37-71-65(29-15-16-30-65)64(91)79(11)55(46-21-13-14-22-46)59(86)72-40(4)34-53(82)76(8)41(5)57(84)75-54/h38-52,54-55,71H,12-37H2,1-11H3,(H,72,86)(H,73,83)(H,74,85)(H,75,84)/t38?,39-,40+,41-,42+,43-,44?,45?,47-,48?,49?,50-,51-,52-,54-,55-/m0/s1. The highest BCUT2D eigenvalue weighted by Gasteiger charge is 2.50. The van der Waals surface area contributed by atoms with Gasteiger partial charge in [-0.05, 0) is 147 Å². The maximum absolute atomic E-state index is 15.2. The molecule has 0 radical (unpaired) electrons. The van der Waals surface area contributed by atoms with Crippen LogP contribution >= 0.6 is 11.6 Å². The molecule has 25 heteroatoms. The van der Waals surface area contributed by atoms with E-state index in [4.69, 9.17) is 11.6 Å². The minimum Gasteiger partial charge on any atom is -0.351 e. The summed E-state index contributed by atoms with van der Waals surface area (Å²) in [4.78, 5) is 155. The minimum atomic E-state index is -4.46. The number of carbonyl (C=O) groups excluding carboxylic acids is 10. The number of amides is 10. The van der Waals surface area contributed by atoms with Crippen molar-refractivity contribution in [2.75, 3.05) is 47.8 Å². The molecule has 5 unspecified atom stereocenters. The van der Waals surface area contributed by atoms with Crippen LogP contribution < -0.4 is 26.6 Å². The lowest BCUT2D eigenvalue weighted by Gasteiger charge is -2.43. The summed E-state index contributed by atoms with van der Waals surface area (Å²) in [7, 11) is 6.05. The van der Waals surface area contributed by atoms with Gasteiger partial charge in [-0.1, -0.05) is 72.1 Å². The SMILES string of the molecule is CC[C@H](C)[C@@H]1NC(=O)[C@H](C)N(C)C(=O)C[C@@H](C)NC(=O)[C@H](C2CCCC2)N(C)C(=O)C2(CCCC2)NC[C@@H]2CCCN2C(=O)[C@H](CCC2CCC(C(F)(F)F)C(Cl)C2)NC(=O)[C@@H](C)N(C)C(=O)[C@H](CC2CCCC(C)C2)NC(=O)[C@@H]2CCN2C(=O)[C@H](C)N(C)C1=O. The second-order valence-electron chi connectivity index (χ2n) is 28.6. The predicted molar refractivity (Wildman–Crippen MR) is 338 cm³/mol. The monoisotopic (exact) mass is 1310 g/mol. The Bertz CT molecular complexity index is 2610. The summed E-state index contributed by atoms with van der Waals surface area (Å²) in [5.74, 6) is -7.09. The molecule has 4 saturated carbocycles. The second kappa shape index (κ2) is 31.8. The van der Waals surface area contributed by atoms with Crippen molar-refractivity contribution in [2.45, 2.75) is 274 Å². The molecule has 91 heavy (non-hydrogen) atoms. The molecule has 4 aliphatic carbocycles. The third-order valence-corrected chi connectivity index (χ3v) is 22.7. The third-order valence-electron chi connectivity index (χ3n) is 22.3. The molecule has 10 amide bonds. The molecule has 0 aromatic heterocycles. The number of nitrogens with zero attached hydrogens (tertiary/aromatic N) is 6. The fourth-order valence-electron chi connectivity index (χ4n) is 15.6. The number of carbonyl (C=O) groups is 10. The summed E-state index contributed by atoms with van der Waals surface area (Å²) < 4.78 is 41.9. The fourth-order valence-corrected chi connectivity index (χ4v) is 16.1. The van der Waals surface area contributed by atoms with E-state index in [0.29, 0.717) is 57.4 Å². The summed E-state index contributed by atoms with van der Waals surface area (Å²) in [6.07, 6.45) is 7.20. The molecule has 7 fully saturated rings. The van der Waals surface area contributed by atoms with Crippen molar-refractivity contribution in [1.82, 2.24) is 56.0 Å². The molecular formula is C66H107ClF3N11O10. The van der Waals surface area contributed by atoms with Gasteiger partial charge in [-0.3, -0.25) is 47.9 Å². The van der Waals surface area contributed by atoms with Crippen LogP contribution in [-0.2, 0) is 47.9 Å². The van der Waals surface area contributed by atoms with Gasteiger partial charge in [0.1, 0.15) is 48.3 Å². The van der Waals surface area contributed by atoms with Crippen LogP contribution in [0.5, 0.6) is 0 Å². The number of rotatable bonds is 8. The zero-order valence-electron chi connectivity index (χ0n) is 56.0. The van der Waals surface area contributed by atoms with E-state index in [1.165, 1.54) is 54.6 Å². The van der Waals surface area contributed by atoms with Gasteiger partial charge in [-0.25, -0.2) is 0 Å². The first kappa shape index (κ1) is 73.2. The molecule has 7 aliphatic rings. The van der Waals surface area contributed by atoms with Gasteiger partial charge < -0.3 is 56.0 Å². The Balaban J connectivity index is 1.20. The Morgan fingerprint density at radius 2 is 1.22 bits per heavy atom. The summed E-state index contributed by atoms with van der Waals surface area (Å²) in [5, 5.41) is 14.3. The second-order valence-corrected chi connectivity index (χ2v) is 29.1. The molecular weight excluding hydrogens is 1200 g/mol. The number of alkyl halides is 4. The van der Waals surface area contributed by atoms with Gasteiger partial charge in [-0.2, -0.15) is 13.2 Å². The Morgan fingerprint density at radius 1 is 0.582 bits per heavy atom. The summed E-state index contributed by atoms with van der Waals surface area (Å²) in [5.41, 5.74) is -1.08. The van der Waals surface area contributed by atoms with E-state index in [0.717, 1.165) is 51.4 Å². The Kier molecular flexibility index (Phi) is 25.5. The van der Waals surface area contributed by atoms with Crippen molar-refractivity contribution < 1.29 is 61.1 Å². The average Bonchev–Trinajstić information content (AvgIpc) is 1.81. The molecule has 514 valence electrons.